The monoisotopic (exact) mass is 312 g/mol. The maximum absolute atomic E-state index is 12.4. The molecule has 1 aromatic carbocycles. The molecule has 0 aliphatic carbocycles. The van der Waals surface area contributed by atoms with Gasteiger partial charge in [-0.15, -0.1) is 11.3 Å². The van der Waals surface area contributed by atoms with Crippen LogP contribution in [0.2, 0.25) is 10.0 Å². The quantitative estimate of drug-likeness (QED) is 0.661. The second-order valence-corrected chi connectivity index (χ2v) is 7.36. The topological polar surface area (TPSA) is 17.1 Å². The summed E-state index contributed by atoms with van der Waals surface area (Å²) >= 11 is 13.4. The van der Waals surface area contributed by atoms with Crippen LogP contribution >= 0.6 is 34.5 Å². The number of hydrogen-bond acceptors (Lipinski definition) is 2. The fourth-order valence-electron chi connectivity index (χ4n) is 1.69. The third-order valence-corrected chi connectivity index (χ3v) is 4.64. The maximum Gasteiger partial charge on any atom is 0.203 e. The highest BCUT2D eigenvalue weighted by atomic mass is 35.5. The fourth-order valence-corrected chi connectivity index (χ4v) is 3.24. The SMILES string of the molecule is CC(C)(C)c1ccc(C(=O)c2cc(Cl)cc(Cl)c2)s1. The van der Waals surface area contributed by atoms with Crippen LogP contribution in [0.25, 0.3) is 0 Å². The van der Waals surface area contributed by atoms with E-state index in [0.717, 1.165) is 0 Å². The molecule has 0 atom stereocenters. The van der Waals surface area contributed by atoms with Crippen LogP contribution in [0.15, 0.2) is 30.3 Å². The summed E-state index contributed by atoms with van der Waals surface area (Å²) in [7, 11) is 0. The van der Waals surface area contributed by atoms with Crippen LogP contribution in [-0.2, 0) is 5.41 Å². The standard InChI is InChI=1S/C15H14Cl2OS/c1-15(2,3)13-5-4-12(19-13)14(18)9-6-10(16)8-11(17)7-9/h4-8H,1-3H3. The molecule has 0 aliphatic rings. The second kappa shape index (κ2) is 5.28. The molecule has 1 aromatic heterocycles. The van der Waals surface area contributed by atoms with E-state index in [1.54, 1.807) is 18.2 Å². The number of rotatable bonds is 2. The van der Waals surface area contributed by atoms with Gasteiger partial charge in [-0.2, -0.15) is 0 Å². The van der Waals surface area contributed by atoms with Crippen molar-refractivity contribution >= 4 is 40.3 Å². The van der Waals surface area contributed by atoms with E-state index in [9.17, 15) is 4.79 Å². The average Bonchev–Trinajstić information content (AvgIpc) is 2.75. The first-order valence-corrected chi connectivity index (χ1v) is 7.46. The summed E-state index contributed by atoms with van der Waals surface area (Å²) in [6.45, 7) is 6.38. The molecule has 0 aliphatic heterocycles. The van der Waals surface area contributed by atoms with E-state index in [1.807, 2.05) is 12.1 Å². The van der Waals surface area contributed by atoms with E-state index < -0.39 is 0 Å². The lowest BCUT2D eigenvalue weighted by molar-refractivity contribution is 0.104. The highest BCUT2D eigenvalue weighted by molar-refractivity contribution is 7.14. The summed E-state index contributed by atoms with van der Waals surface area (Å²) in [5.74, 6) is -0.0371. The Kier molecular flexibility index (Phi) is 4.05. The van der Waals surface area contributed by atoms with E-state index in [4.69, 9.17) is 23.2 Å². The van der Waals surface area contributed by atoms with Gasteiger partial charge in [0.25, 0.3) is 0 Å². The van der Waals surface area contributed by atoms with E-state index in [0.29, 0.717) is 20.5 Å². The first-order valence-electron chi connectivity index (χ1n) is 5.88. The van der Waals surface area contributed by atoms with E-state index in [1.165, 1.54) is 16.2 Å². The lowest BCUT2D eigenvalue weighted by atomic mass is 9.95. The molecule has 0 fully saturated rings. The molecular formula is C15H14Cl2OS. The second-order valence-electron chi connectivity index (χ2n) is 5.40. The van der Waals surface area contributed by atoms with Crippen molar-refractivity contribution in [2.24, 2.45) is 0 Å². The largest absolute Gasteiger partial charge is 0.288 e. The van der Waals surface area contributed by atoms with Gasteiger partial charge < -0.3 is 0 Å². The molecule has 100 valence electrons. The van der Waals surface area contributed by atoms with Crippen LogP contribution in [-0.4, -0.2) is 5.78 Å². The molecular weight excluding hydrogens is 299 g/mol. The average molecular weight is 313 g/mol. The van der Waals surface area contributed by atoms with E-state index in [2.05, 4.69) is 20.8 Å². The minimum atomic E-state index is -0.0371. The third-order valence-electron chi connectivity index (χ3n) is 2.69. The number of benzene rings is 1. The van der Waals surface area contributed by atoms with Crippen LogP contribution in [0, 0.1) is 0 Å². The highest BCUT2D eigenvalue weighted by Crippen LogP contribution is 2.31. The number of halogens is 2. The molecule has 0 amide bonds. The minimum absolute atomic E-state index is 0.0371. The lowest BCUT2D eigenvalue weighted by Gasteiger charge is -2.15. The Morgan fingerprint density at radius 2 is 1.63 bits per heavy atom. The van der Waals surface area contributed by atoms with Gasteiger partial charge in [-0.05, 0) is 35.7 Å². The summed E-state index contributed by atoms with van der Waals surface area (Å²) in [4.78, 5) is 14.3. The summed E-state index contributed by atoms with van der Waals surface area (Å²) in [6.07, 6.45) is 0. The predicted molar refractivity (Wildman–Crippen MR) is 82.9 cm³/mol. The molecule has 0 saturated carbocycles. The zero-order valence-corrected chi connectivity index (χ0v) is 13.3. The first-order chi connectivity index (χ1) is 8.77. The Hall–Kier alpha value is -0.830. The summed E-state index contributed by atoms with van der Waals surface area (Å²) < 4.78 is 0. The number of thiophene rings is 1. The Bertz CT molecular complexity index is 603. The van der Waals surface area contributed by atoms with Crippen molar-refractivity contribution in [3.63, 3.8) is 0 Å². The molecule has 19 heavy (non-hydrogen) atoms. The molecule has 2 aromatic rings. The van der Waals surface area contributed by atoms with Crippen molar-refractivity contribution in [1.29, 1.82) is 0 Å². The van der Waals surface area contributed by atoms with Crippen molar-refractivity contribution in [2.75, 3.05) is 0 Å². The van der Waals surface area contributed by atoms with Gasteiger partial charge in [0.2, 0.25) is 5.78 Å². The molecule has 4 heteroatoms. The van der Waals surface area contributed by atoms with Gasteiger partial charge >= 0.3 is 0 Å². The molecule has 0 radical (unpaired) electrons. The van der Waals surface area contributed by atoms with Gasteiger partial charge in [-0.25, -0.2) is 0 Å². The zero-order valence-electron chi connectivity index (χ0n) is 11.0. The molecule has 0 unspecified atom stereocenters. The van der Waals surface area contributed by atoms with E-state index in [-0.39, 0.29) is 11.2 Å². The Morgan fingerprint density at radius 1 is 1.05 bits per heavy atom. The van der Waals surface area contributed by atoms with Crippen molar-refractivity contribution < 1.29 is 4.79 Å². The molecule has 0 saturated heterocycles. The third kappa shape index (κ3) is 3.38. The molecule has 0 N–H and O–H groups in total. The van der Waals surface area contributed by atoms with Crippen molar-refractivity contribution in [2.45, 2.75) is 26.2 Å². The number of ketones is 1. The summed E-state index contributed by atoms with van der Waals surface area (Å²) in [6, 6.07) is 8.78. The van der Waals surface area contributed by atoms with Crippen LogP contribution in [0.5, 0.6) is 0 Å². The van der Waals surface area contributed by atoms with E-state index >= 15 is 0 Å². The van der Waals surface area contributed by atoms with Crippen molar-refractivity contribution in [3.05, 3.63) is 55.7 Å². The molecule has 0 spiro atoms. The molecule has 0 bridgehead atoms. The molecule has 2 rings (SSSR count). The predicted octanol–water partition coefficient (Wildman–Crippen LogP) is 5.58. The minimum Gasteiger partial charge on any atom is -0.288 e. The van der Waals surface area contributed by atoms with Crippen LogP contribution in [0.1, 0.15) is 40.9 Å². The molecule has 1 nitrogen and oxygen atoms in total. The fraction of sp³-hybridized carbons (Fsp3) is 0.267. The Morgan fingerprint density at radius 3 is 2.11 bits per heavy atom. The van der Waals surface area contributed by atoms with Crippen molar-refractivity contribution in [1.82, 2.24) is 0 Å². The smallest absolute Gasteiger partial charge is 0.203 e. The van der Waals surface area contributed by atoms with Crippen LogP contribution in [0.3, 0.4) is 0 Å². The van der Waals surface area contributed by atoms with Gasteiger partial charge in [0.1, 0.15) is 0 Å². The van der Waals surface area contributed by atoms with Gasteiger partial charge in [0.05, 0.1) is 4.88 Å². The summed E-state index contributed by atoms with van der Waals surface area (Å²) in [5.41, 5.74) is 0.578. The number of carbonyl (C=O) groups excluding carboxylic acids is 1. The zero-order chi connectivity index (χ0) is 14.2. The number of carbonyl (C=O) groups is 1. The first kappa shape index (κ1) is 14.6. The van der Waals surface area contributed by atoms with Gasteiger partial charge in [-0.3, -0.25) is 4.79 Å². The van der Waals surface area contributed by atoms with Crippen LogP contribution in [0.4, 0.5) is 0 Å². The maximum atomic E-state index is 12.4. The van der Waals surface area contributed by atoms with Gasteiger partial charge in [-0.1, -0.05) is 44.0 Å². The van der Waals surface area contributed by atoms with Crippen LogP contribution < -0.4 is 0 Å². The van der Waals surface area contributed by atoms with Gasteiger partial charge in [0.15, 0.2) is 0 Å². The number of hydrogen-bond donors (Lipinski definition) is 0. The lowest BCUT2D eigenvalue weighted by Crippen LogP contribution is -2.08. The van der Waals surface area contributed by atoms with Crippen molar-refractivity contribution in [3.8, 4) is 0 Å². The Balaban J connectivity index is 2.36. The summed E-state index contributed by atoms with van der Waals surface area (Å²) in [5, 5.41) is 0.951. The Labute approximate surface area is 127 Å². The highest BCUT2D eigenvalue weighted by Gasteiger charge is 2.19. The van der Waals surface area contributed by atoms with Gasteiger partial charge in [0, 0.05) is 20.5 Å². The normalized spacial score (nSPS) is 11.6. The molecule has 1 heterocycles.